The van der Waals surface area contributed by atoms with Crippen LogP contribution in [0, 0.1) is 6.92 Å². The average Bonchev–Trinajstić information content (AvgIpc) is 2.93. The van der Waals surface area contributed by atoms with Crippen LogP contribution in [0.1, 0.15) is 24.8 Å². The summed E-state index contributed by atoms with van der Waals surface area (Å²) < 4.78 is 5.34. The summed E-state index contributed by atoms with van der Waals surface area (Å²) in [6.07, 6.45) is 3.68. The molecule has 1 aliphatic heterocycles. The van der Waals surface area contributed by atoms with Crippen molar-refractivity contribution in [1.82, 2.24) is 10.1 Å². The molecule has 0 amide bonds. The minimum Gasteiger partial charge on any atom is -0.398 e. The van der Waals surface area contributed by atoms with E-state index < -0.39 is 0 Å². The summed E-state index contributed by atoms with van der Waals surface area (Å²) in [5.41, 5.74) is 8.58. The lowest BCUT2D eigenvalue weighted by atomic mass is 10.1. The van der Waals surface area contributed by atoms with E-state index in [2.05, 4.69) is 15.0 Å². The number of nitrogens with two attached hydrogens (primary N) is 1. The lowest BCUT2D eigenvalue weighted by Gasteiger charge is -2.24. The number of aromatic nitrogens is 2. The molecule has 1 aliphatic rings. The van der Waals surface area contributed by atoms with Crippen molar-refractivity contribution in [2.24, 2.45) is 0 Å². The van der Waals surface area contributed by atoms with Crippen molar-refractivity contribution in [1.29, 1.82) is 0 Å². The largest absolute Gasteiger partial charge is 0.398 e. The second kappa shape index (κ2) is 4.91. The van der Waals surface area contributed by atoms with Gasteiger partial charge in [-0.3, -0.25) is 0 Å². The smallest absolute Gasteiger partial charge is 0.266 e. The maximum atomic E-state index is 5.91. The summed E-state index contributed by atoms with van der Waals surface area (Å²) >= 11 is 0. The lowest BCUT2D eigenvalue weighted by molar-refractivity contribution is 0.426. The molecule has 2 N–H and O–H groups in total. The van der Waals surface area contributed by atoms with Crippen LogP contribution in [0.5, 0.6) is 0 Å². The van der Waals surface area contributed by atoms with E-state index in [9.17, 15) is 0 Å². The van der Waals surface area contributed by atoms with Crippen LogP contribution in [0.4, 0.5) is 11.6 Å². The molecular weight excluding hydrogens is 240 g/mol. The van der Waals surface area contributed by atoms with Crippen LogP contribution in [0.25, 0.3) is 11.5 Å². The quantitative estimate of drug-likeness (QED) is 0.839. The van der Waals surface area contributed by atoms with Crippen molar-refractivity contribution >= 4 is 11.6 Å². The molecule has 0 atom stereocenters. The van der Waals surface area contributed by atoms with E-state index in [0.29, 0.717) is 11.8 Å². The van der Waals surface area contributed by atoms with Crippen molar-refractivity contribution in [3.05, 3.63) is 23.8 Å². The first-order chi connectivity index (χ1) is 9.24. The Bertz CT molecular complexity index is 573. The fourth-order valence-corrected chi connectivity index (χ4v) is 2.33. The molecule has 2 heterocycles. The Morgan fingerprint density at radius 2 is 2.00 bits per heavy atom. The minimum atomic E-state index is 0.535. The van der Waals surface area contributed by atoms with Gasteiger partial charge in [0.15, 0.2) is 0 Å². The van der Waals surface area contributed by atoms with E-state index in [1.54, 1.807) is 0 Å². The maximum Gasteiger partial charge on any atom is 0.266 e. The summed E-state index contributed by atoms with van der Waals surface area (Å²) in [5, 5.41) is 4.07. The Labute approximate surface area is 112 Å². The van der Waals surface area contributed by atoms with Crippen LogP contribution in [0.15, 0.2) is 22.7 Å². The van der Waals surface area contributed by atoms with Crippen molar-refractivity contribution in [3.8, 4) is 11.5 Å². The number of anilines is 2. The zero-order valence-corrected chi connectivity index (χ0v) is 11.1. The van der Waals surface area contributed by atoms with Crippen LogP contribution in [-0.4, -0.2) is 23.2 Å². The molecule has 1 aromatic carbocycles. The fraction of sp³-hybridized carbons (Fsp3) is 0.429. The van der Waals surface area contributed by atoms with Crippen LogP contribution in [0.3, 0.4) is 0 Å². The van der Waals surface area contributed by atoms with Crippen LogP contribution in [0.2, 0.25) is 0 Å². The molecule has 100 valence electrons. The Morgan fingerprint density at radius 3 is 2.74 bits per heavy atom. The van der Waals surface area contributed by atoms with Crippen molar-refractivity contribution in [2.75, 3.05) is 23.7 Å². The first-order valence-electron chi connectivity index (χ1n) is 6.69. The predicted octanol–water partition coefficient (Wildman–Crippen LogP) is 2.62. The van der Waals surface area contributed by atoms with Gasteiger partial charge >= 0.3 is 0 Å². The Morgan fingerprint density at radius 1 is 1.21 bits per heavy atom. The van der Waals surface area contributed by atoms with Gasteiger partial charge < -0.3 is 15.2 Å². The van der Waals surface area contributed by atoms with Crippen molar-refractivity contribution < 1.29 is 4.52 Å². The molecule has 0 aliphatic carbocycles. The van der Waals surface area contributed by atoms with Crippen LogP contribution < -0.4 is 10.6 Å². The van der Waals surface area contributed by atoms with E-state index in [0.717, 1.165) is 29.9 Å². The number of nitrogen functional groups attached to an aromatic ring is 1. The van der Waals surface area contributed by atoms with Gasteiger partial charge in [-0.25, -0.2) is 0 Å². The van der Waals surface area contributed by atoms with Gasteiger partial charge in [0, 0.05) is 24.3 Å². The van der Waals surface area contributed by atoms with E-state index in [1.807, 2.05) is 25.1 Å². The van der Waals surface area contributed by atoms with Gasteiger partial charge in [0.1, 0.15) is 0 Å². The number of benzene rings is 1. The molecule has 1 saturated heterocycles. The highest BCUT2D eigenvalue weighted by Crippen LogP contribution is 2.25. The van der Waals surface area contributed by atoms with Gasteiger partial charge in [0.05, 0.1) is 0 Å². The van der Waals surface area contributed by atoms with Gasteiger partial charge in [-0.05, 0) is 49.0 Å². The van der Waals surface area contributed by atoms with Crippen LogP contribution >= 0.6 is 0 Å². The number of hydrogen-bond donors (Lipinski definition) is 1. The number of aryl methyl sites for hydroxylation is 1. The SMILES string of the molecule is Cc1ccc(-c2nc(N3CCCCC3)no2)cc1N. The van der Waals surface area contributed by atoms with Crippen LogP contribution in [-0.2, 0) is 0 Å². The third-order valence-corrected chi connectivity index (χ3v) is 3.58. The van der Waals surface area contributed by atoms with E-state index in [4.69, 9.17) is 10.3 Å². The van der Waals surface area contributed by atoms with E-state index in [-0.39, 0.29) is 0 Å². The molecule has 1 fully saturated rings. The molecule has 0 saturated carbocycles. The van der Waals surface area contributed by atoms with E-state index >= 15 is 0 Å². The second-order valence-electron chi connectivity index (χ2n) is 5.02. The number of rotatable bonds is 2. The molecule has 5 nitrogen and oxygen atoms in total. The topological polar surface area (TPSA) is 68.2 Å². The third kappa shape index (κ3) is 2.41. The molecular formula is C14H18N4O. The molecule has 0 bridgehead atoms. The normalized spacial score (nSPS) is 15.7. The molecule has 1 aromatic heterocycles. The molecule has 3 rings (SSSR count). The standard InChI is InChI=1S/C14H18N4O/c1-10-5-6-11(9-12(10)15)13-16-14(17-19-13)18-7-3-2-4-8-18/h5-6,9H,2-4,7-8,15H2,1H3. The lowest BCUT2D eigenvalue weighted by Crippen LogP contribution is -2.30. The molecule has 5 heteroatoms. The van der Waals surface area contributed by atoms with Crippen molar-refractivity contribution in [3.63, 3.8) is 0 Å². The van der Waals surface area contributed by atoms with Gasteiger partial charge in [-0.15, -0.1) is 0 Å². The zero-order valence-electron chi connectivity index (χ0n) is 11.1. The zero-order chi connectivity index (χ0) is 13.2. The summed E-state index contributed by atoms with van der Waals surface area (Å²) in [6.45, 7) is 4.00. The Hall–Kier alpha value is -2.04. The fourth-order valence-electron chi connectivity index (χ4n) is 2.33. The first kappa shape index (κ1) is 12.0. The number of hydrogen-bond acceptors (Lipinski definition) is 5. The Kier molecular flexibility index (Phi) is 3.11. The molecule has 0 radical (unpaired) electrons. The molecule has 0 spiro atoms. The van der Waals surface area contributed by atoms with Gasteiger partial charge in [-0.2, -0.15) is 4.98 Å². The minimum absolute atomic E-state index is 0.535. The highest BCUT2D eigenvalue weighted by atomic mass is 16.5. The Balaban J connectivity index is 1.85. The summed E-state index contributed by atoms with van der Waals surface area (Å²) in [5.74, 6) is 1.22. The van der Waals surface area contributed by atoms with Crippen molar-refractivity contribution in [2.45, 2.75) is 26.2 Å². The maximum absolute atomic E-state index is 5.91. The molecule has 0 unspecified atom stereocenters. The number of piperidine rings is 1. The molecule has 19 heavy (non-hydrogen) atoms. The average molecular weight is 258 g/mol. The highest BCUT2D eigenvalue weighted by molar-refractivity contribution is 5.63. The third-order valence-electron chi connectivity index (χ3n) is 3.58. The highest BCUT2D eigenvalue weighted by Gasteiger charge is 2.17. The second-order valence-corrected chi connectivity index (χ2v) is 5.02. The number of nitrogens with zero attached hydrogens (tertiary/aromatic N) is 3. The first-order valence-corrected chi connectivity index (χ1v) is 6.69. The summed E-state index contributed by atoms with van der Waals surface area (Å²) in [4.78, 5) is 6.64. The summed E-state index contributed by atoms with van der Waals surface area (Å²) in [7, 11) is 0. The van der Waals surface area contributed by atoms with Gasteiger partial charge in [-0.1, -0.05) is 6.07 Å². The van der Waals surface area contributed by atoms with Gasteiger partial charge in [0.25, 0.3) is 11.8 Å². The summed E-state index contributed by atoms with van der Waals surface area (Å²) in [6, 6.07) is 5.80. The molecule has 2 aromatic rings. The van der Waals surface area contributed by atoms with E-state index in [1.165, 1.54) is 19.3 Å². The van der Waals surface area contributed by atoms with Gasteiger partial charge in [0.2, 0.25) is 0 Å². The predicted molar refractivity (Wildman–Crippen MR) is 74.9 cm³/mol. The monoisotopic (exact) mass is 258 g/mol.